The van der Waals surface area contributed by atoms with E-state index in [2.05, 4.69) is 10.3 Å². The Labute approximate surface area is 173 Å². The van der Waals surface area contributed by atoms with Gasteiger partial charge in [0.05, 0.1) is 11.1 Å². The Hall–Kier alpha value is -2.48. The highest BCUT2D eigenvalue weighted by Crippen LogP contribution is 2.29. The number of nitrogens with zero attached hydrogens (tertiary/aromatic N) is 3. The van der Waals surface area contributed by atoms with Gasteiger partial charge in [-0.2, -0.15) is 13.2 Å². The van der Waals surface area contributed by atoms with Crippen LogP contribution in [-0.2, 0) is 6.18 Å². The van der Waals surface area contributed by atoms with Crippen molar-refractivity contribution >= 4 is 29.0 Å². The van der Waals surface area contributed by atoms with Crippen LogP contribution in [0.15, 0.2) is 36.5 Å². The van der Waals surface area contributed by atoms with E-state index in [9.17, 15) is 18.0 Å². The summed E-state index contributed by atoms with van der Waals surface area (Å²) in [6, 6.07) is 7.20. The molecule has 1 amide bonds. The molecule has 1 N–H and O–H groups in total. The van der Waals surface area contributed by atoms with Gasteiger partial charge in [-0.1, -0.05) is 18.5 Å². The van der Waals surface area contributed by atoms with E-state index in [1.165, 1.54) is 6.07 Å². The van der Waals surface area contributed by atoms with Crippen LogP contribution >= 0.6 is 11.6 Å². The molecule has 0 saturated carbocycles. The van der Waals surface area contributed by atoms with Crippen molar-refractivity contribution in [2.75, 3.05) is 37.9 Å². The summed E-state index contributed by atoms with van der Waals surface area (Å²) in [5.74, 6) is 0.124. The van der Waals surface area contributed by atoms with Gasteiger partial charge in [0.1, 0.15) is 5.82 Å². The smallest absolute Gasteiger partial charge is 0.377 e. The Kier molecular flexibility index (Phi) is 7.35. The first-order chi connectivity index (χ1) is 13.5. The Bertz CT molecular complexity index is 841. The first kappa shape index (κ1) is 22.8. The van der Waals surface area contributed by atoms with Gasteiger partial charge in [0.15, 0.2) is 0 Å². The zero-order valence-electron chi connectivity index (χ0n) is 16.7. The summed E-state index contributed by atoms with van der Waals surface area (Å²) in [4.78, 5) is 20.3. The third-order valence-electron chi connectivity index (χ3n) is 4.62. The third kappa shape index (κ3) is 5.76. The lowest BCUT2D eigenvalue weighted by Crippen LogP contribution is -2.41. The number of benzene rings is 1. The molecule has 1 atom stereocenters. The fourth-order valence-corrected chi connectivity index (χ4v) is 3.04. The van der Waals surface area contributed by atoms with Crippen molar-refractivity contribution in [2.24, 2.45) is 0 Å². The molecule has 1 heterocycles. The summed E-state index contributed by atoms with van der Waals surface area (Å²) < 4.78 is 37.9. The summed E-state index contributed by atoms with van der Waals surface area (Å²) in [5, 5.41) is 3.47. The van der Waals surface area contributed by atoms with Crippen molar-refractivity contribution in [2.45, 2.75) is 25.6 Å². The van der Waals surface area contributed by atoms with Crippen molar-refractivity contribution in [3.8, 4) is 0 Å². The molecule has 0 fully saturated rings. The van der Waals surface area contributed by atoms with Crippen LogP contribution in [0.25, 0.3) is 0 Å². The van der Waals surface area contributed by atoms with Crippen LogP contribution < -0.4 is 10.2 Å². The van der Waals surface area contributed by atoms with Crippen molar-refractivity contribution in [1.29, 1.82) is 0 Å². The van der Waals surface area contributed by atoms with Crippen LogP contribution in [0.5, 0.6) is 0 Å². The van der Waals surface area contributed by atoms with Crippen molar-refractivity contribution in [3.05, 3.63) is 52.7 Å². The van der Waals surface area contributed by atoms with Gasteiger partial charge in [0, 0.05) is 50.6 Å². The number of hydrogen-bond donors (Lipinski definition) is 1. The van der Waals surface area contributed by atoms with Crippen LogP contribution in [0.4, 0.5) is 24.7 Å². The average Bonchev–Trinajstić information content (AvgIpc) is 2.67. The van der Waals surface area contributed by atoms with Gasteiger partial charge in [0.25, 0.3) is 5.91 Å². The van der Waals surface area contributed by atoms with Crippen LogP contribution in [0.1, 0.15) is 29.3 Å². The van der Waals surface area contributed by atoms with E-state index in [-0.39, 0.29) is 11.9 Å². The maximum absolute atomic E-state index is 13.1. The first-order valence-electron chi connectivity index (χ1n) is 9.05. The number of likely N-dealkylation sites (N-methyl/N-ethyl adjacent to an activating group) is 1. The zero-order valence-corrected chi connectivity index (χ0v) is 17.5. The standard InChI is InChI=1S/C20H24ClF3N4O/c1-5-15(12-26-18-9-6-13(11-25-18)20(22,23)24)28(4)19(29)16-10-14(21)7-8-17(16)27(2)3/h6-11,15H,5,12H2,1-4H3,(H,25,26). The van der Waals surface area contributed by atoms with E-state index in [1.54, 1.807) is 30.1 Å². The lowest BCUT2D eigenvalue weighted by molar-refractivity contribution is -0.137. The molecule has 0 saturated heterocycles. The molecule has 2 aromatic rings. The van der Waals surface area contributed by atoms with Gasteiger partial charge in [-0.3, -0.25) is 4.79 Å². The molecule has 5 nitrogen and oxygen atoms in total. The zero-order chi connectivity index (χ0) is 21.8. The monoisotopic (exact) mass is 428 g/mol. The van der Waals surface area contributed by atoms with Gasteiger partial charge in [-0.05, 0) is 36.8 Å². The van der Waals surface area contributed by atoms with Crippen LogP contribution in [0.2, 0.25) is 5.02 Å². The van der Waals surface area contributed by atoms with Crippen LogP contribution in [0, 0.1) is 0 Å². The number of rotatable bonds is 7. The number of alkyl halides is 3. The quantitative estimate of drug-likeness (QED) is 0.689. The molecular formula is C20H24ClF3N4O. The Morgan fingerprint density at radius 1 is 1.21 bits per heavy atom. The molecule has 2 rings (SSSR count). The Morgan fingerprint density at radius 3 is 2.41 bits per heavy atom. The topological polar surface area (TPSA) is 48.5 Å². The molecule has 158 valence electrons. The average molecular weight is 429 g/mol. The lowest BCUT2D eigenvalue weighted by atomic mass is 10.1. The minimum Gasteiger partial charge on any atom is -0.377 e. The molecule has 0 aliphatic rings. The van der Waals surface area contributed by atoms with E-state index in [0.29, 0.717) is 29.4 Å². The summed E-state index contributed by atoms with van der Waals surface area (Å²) in [6.45, 7) is 2.27. The second-order valence-electron chi connectivity index (χ2n) is 6.84. The van der Waals surface area contributed by atoms with Crippen LogP contribution in [-0.4, -0.2) is 49.5 Å². The highest BCUT2D eigenvalue weighted by atomic mass is 35.5. The van der Waals surface area contributed by atoms with E-state index in [4.69, 9.17) is 11.6 Å². The number of pyridine rings is 1. The van der Waals surface area contributed by atoms with Crippen molar-refractivity contribution in [3.63, 3.8) is 0 Å². The predicted molar refractivity (Wildman–Crippen MR) is 110 cm³/mol. The number of amides is 1. The van der Waals surface area contributed by atoms with E-state index < -0.39 is 11.7 Å². The van der Waals surface area contributed by atoms with Crippen molar-refractivity contribution < 1.29 is 18.0 Å². The number of nitrogens with one attached hydrogen (secondary N) is 1. The fraction of sp³-hybridized carbons (Fsp3) is 0.400. The van der Waals surface area contributed by atoms with E-state index >= 15 is 0 Å². The number of anilines is 2. The number of hydrogen-bond acceptors (Lipinski definition) is 4. The molecule has 0 bridgehead atoms. The van der Waals surface area contributed by atoms with Gasteiger partial charge in [-0.15, -0.1) is 0 Å². The highest BCUT2D eigenvalue weighted by molar-refractivity contribution is 6.31. The fourth-order valence-electron chi connectivity index (χ4n) is 2.87. The van der Waals surface area contributed by atoms with E-state index in [0.717, 1.165) is 18.0 Å². The summed E-state index contributed by atoms with van der Waals surface area (Å²) >= 11 is 6.08. The normalized spacial score (nSPS) is 12.4. The molecular weight excluding hydrogens is 405 g/mol. The molecule has 1 unspecified atom stereocenters. The second kappa shape index (κ2) is 9.35. The minimum atomic E-state index is -4.43. The first-order valence-corrected chi connectivity index (χ1v) is 9.43. The predicted octanol–water partition coefficient (Wildman–Crippen LogP) is 4.78. The Balaban J connectivity index is 2.12. The summed E-state index contributed by atoms with van der Waals surface area (Å²) in [5.41, 5.74) is 0.425. The Morgan fingerprint density at radius 2 is 1.90 bits per heavy atom. The lowest BCUT2D eigenvalue weighted by Gasteiger charge is -2.29. The van der Waals surface area contributed by atoms with Crippen molar-refractivity contribution in [1.82, 2.24) is 9.88 Å². The van der Waals surface area contributed by atoms with Gasteiger partial charge < -0.3 is 15.1 Å². The number of carbonyl (C=O) groups excluding carboxylic acids is 1. The highest BCUT2D eigenvalue weighted by Gasteiger charge is 2.30. The van der Waals surface area contributed by atoms with E-state index in [1.807, 2.05) is 25.9 Å². The number of halogens is 4. The second-order valence-corrected chi connectivity index (χ2v) is 7.28. The third-order valence-corrected chi connectivity index (χ3v) is 4.85. The number of carbonyl (C=O) groups is 1. The van der Waals surface area contributed by atoms with Gasteiger partial charge in [0.2, 0.25) is 0 Å². The molecule has 0 spiro atoms. The molecule has 0 aliphatic carbocycles. The number of aromatic nitrogens is 1. The molecule has 0 aliphatic heterocycles. The molecule has 9 heteroatoms. The van der Waals surface area contributed by atoms with Gasteiger partial charge in [-0.25, -0.2) is 4.98 Å². The largest absolute Gasteiger partial charge is 0.417 e. The molecule has 0 radical (unpaired) electrons. The molecule has 1 aromatic carbocycles. The molecule has 29 heavy (non-hydrogen) atoms. The summed E-state index contributed by atoms with van der Waals surface area (Å²) in [6.07, 6.45) is -2.99. The van der Waals surface area contributed by atoms with Gasteiger partial charge >= 0.3 is 6.18 Å². The minimum absolute atomic E-state index is 0.190. The SMILES string of the molecule is CCC(CNc1ccc(C(F)(F)F)cn1)N(C)C(=O)c1cc(Cl)ccc1N(C)C. The summed E-state index contributed by atoms with van der Waals surface area (Å²) in [7, 11) is 5.38. The maximum atomic E-state index is 13.1. The maximum Gasteiger partial charge on any atom is 0.417 e. The van der Waals surface area contributed by atoms with Crippen LogP contribution in [0.3, 0.4) is 0 Å². The molecule has 1 aromatic heterocycles.